The standard InChI is InChI=1S/C2H4O4S.2Na.2H/c3-2(4)1-7(5)6;;;;/h1H2,(H,3,4)(H,5,6);;;;/q;2*+1;2*-1. The summed E-state index contributed by atoms with van der Waals surface area (Å²) in [6, 6.07) is 0. The second kappa shape index (κ2) is 9.58. The number of hydrogen-bond donors (Lipinski definition) is 2. The minimum atomic E-state index is -2.20. The zero-order valence-electron chi connectivity index (χ0n) is 7.33. The van der Waals surface area contributed by atoms with Gasteiger partial charge in [-0.3, -0.25) is 4.79 Å². The van der Waals surface area contributed by atoms with Crippen molar-refractivity contribution in [1.29, 1.82) is 0 Å². The number of carboxylic acid groups (broad SMARTS) is 1. The molecule has 0 aromatic rings. The second-order valence-electron chi connectivity index (χ2n) is 0.860. The van der Waals surface area contributed by atoms with E-state index < -0.39 is 22.8 Å². The van der Waals surface area contributed by atoms with Crippen molar-refractivity contribution in [2.75, 3.05) is 5.75 Å². The third-order valence-electron chi connectivity index (χ3n) is 0.247. The van der Waals surface area contributed by atoms with Crippen LogP contribution in [0.3, 0.4) is 0 Å². The molecule has 0 saturated heterocycles. The predicted octanol–water partition coefficient (Wildman–Crippen LogP) is -6.47. The molecule has 0 aliphatic rings. The van der Waals surface area contributed by atoms with Gasteiger partial charge in [-0.1, -0.05) is 0 Å². The van der Waals surface area contributed by atoms with Crippen LogP contribution < -0.4 is 59.1 Å². The van der Waals surface area contributed by atoms with Crippen molar-refractivity contribution in [3.05, 3.63) is 0 Å². The first kappa shape index (κ1) is 16.9. The molecular weight excluding hydrogens is 166 g/mol. The first-order valence-corrected chi connectivity index (χ1v) is 2.70. The maximum Gasteiger partial charge on any atom is 1.00 e. The second-order valence-corrected chi connectivity index (χ2v) is 1.79. The first-order valence-electron chi connectivity index (χ1n) is 1.42. The van der Waals surface area contributed by atoms with Gasteiger partial charge < -0.3 is 12.5 Å². The Hall–Kier alpha value is 1.58. The van der Waals surface area contributed by atoms with Gasteiger partial charge in [-0.05, 0) is 0 Å². The summed E-state index contributed by atoms with van der Waals surface area (Å²) >= 11 is -2.20. The van der Waals surface area contributed by atoms with E-state index in [1.807, 2.05) is 0 Å². The number of hydrogen-bond acceptors (Lipinski definition) is 2. The van der Waals surface area contributed by atoms with Crippen molar-refractivity contribution in [2.45, 2.75) is 0 Å². The fourth-order valence-electron chi connectivity index (χ4n) is 0.106. The van der Waals surface area contributed by atoms with Crippen molar-refractivity contribution in [3.8, 4) is 0 Å². The molecule has 46 valence electrons. The maximum absolute atomic E-state index is 9.54. The van der Waals surface area contributed by atoms with Gasteiger partial charge in [0.05, 0.1) is 0 Å². The number of rotatable bonds is 2. The van der Waals surface area contributed by atoms with Crippen LogP contribution in [0.5, 0.6) is 0 Å². The molecule has 0 radical (unpaired) electrons. The van der Waals surface area contributed by atoms with Crippen molar-refractivity contribution >= 4 is 17.0 Å². The zero-order chi connectivity index (χ0) is 5.86. The average molecular weight is 172 g/mol. The number of carbonyl (C=O) groups is 1. The van der Waals surface area contributed by atoms with Crippen LogP contribution in [0.1, 0.15) is 2.85 Å². The van der Waals surface area contributed by atoms with Gasteiger partial charge >= 0.3 is 65.1 Å². The van der Waals surface area contributed by atoms with Crippen LogP contribution in [0.2, 0.25) is 0 Å². The summed E-state index contributed by atoms with van der Waals surface area (Å²) in [5.74, 6) is -1.96. The van der Waals surface area contributed by atoms with Crippen LogP contribution >= 0.6 is 0 Å². The van der Waals surface area contributed by atoms with Crippen LogP contribution in [0.25, 0.3) is 0 Å². The van der Waals surface area contributed by atoms with E-state index in [1.165, 1.54) is 0 Å². The topological polar surface area (TPSA) is 74.6 Å². The third-order valence-corrected chi connectivity index (χ3v) is 0.741. The molecule has 0 aromatic carbocycles. The van der Waals surface area contributed by atoms with E-state index in [0.29, 0.717) is 0 Å². The van der Waals surface area contributed by atoms with Crippen molar-refractivity contribution < 1.29 is 80.6 Å². The Morgan fingerprint density at radius 3 is 1.89 bits per heavy atom. The van der Waals surface area contributed by atoms with Gasteiger partial charge in [0.2, 0.25) is 0 Å². The fraction of sp³-hybridized carbons (Fsp3) is 0.500. The van der Waals surface area contributed by atoms with Crippen LogP contribution in [0.15, 0.2) is 0 Å². The van der Waals surface area contributed by atoms with E-state index in [-0.39, 0.29) is 62.0 Å². The molecule has 1 unspecified atom stereocenters. The SMILES string of the molecule is O=C(O)CS(=O)O.[H-].[H-].[Na+].[Na+]. The predicted molar refractivity (Wildman–Crippen MR) is 25.5 cm³/mol. The number of aliphatic carboxylic acids is 1. The molecule has 0 aromatic heterocycles. The van der Waals surface area contributed by atoms with Gasteiger partial charge in [0.15, 0.2) is 11.1 Å². The first-order chi connectivity index (χ1) is 3.13. The Bertz CT molecular complexity index is 100. The van der Waals surface area contributed by atoms with Crippen molar-refractivity contribution in [3.63, 3.8) is 0 Å². The molecule has 2 N–H and O–H groups in total. The monoisotopic (exact) mass is 172 g/mol. The summed E-state index contributed by atoms with van der Waals surface area (Å²) in [5.41, 5.74) is 0. The van der Waals surface area contributed by atoms with Crippen molar-refractivity contribution in [2.24, 2.45) is 0 Å². The zero-order valence-corrected chi connectivity index (χ0v) is 10.1. The van der Waals surface area contributed by atoms with E-state index in [2.05, 4.69) is 0 Å². The van der Waals surface area contributed by atoms with Gasteiger partial charge in [0.25, 0.3) is 0 Å². The van der Waals surface area contributed by atoms with Gasteiger partial charge in [0, 0.05) is 0 Å². The molecule has 7 heteroatoms. The van der Waals surface area contributed by atoms with Gasteiger partial charge in [-0.15, -0.1) is 0 Å². The smallest absolute Gasteiger partial charge is 1.00 e. The Morgan fingerprint density at radius 1 is 1.56 bits per heavy atom. The van der Waals surface area contributed by atoms with Gasteiger partial charge in [-0.2, -0.15) is 0 Å². The largest absolute Gasteiger partial charge is 1.00 e. The van der Waals surface area contributed by atoms with Gasteiger partial charge in [-0.25, -0.2) is 4.21 Å². The number of carboxylic acids is 1. The third kappa shape index (κ3) is 17.7. The Labute approximate surface area is 102 Å². The van der Waals surface area contributed by atoms with Crippen LogP contribution in [-0.2, 0) is 15.9 Å². The molecule has 0 fully saturated rings. The minimum absolute atomic E-state index is 0. The summed E-state index contributed by atoms with van der Waals surface area (Å²) < 4.78 is 17.4. The summed E-state index contributed by atoms with van der Waals surface area (Å²) in [5, 5.41) is 7.73. The quantitative estimate of drug-likeness (QED) is 0.321. The molecule has 1 atom stereocenters. The molecule has 4 nitrogen and oxygen atoms in total. The normalized spacial score (nSPS) is 10.3. The van der Waals surface area contributed by atoms with Crippen LogP contribution in [0, 0.1) is 0 Å². The summed E-state index contributed by atoms with van der Waals surface area (Å²) in [4.78, 5) is 9.46. The van der Waals surface area contributed by atoms with E-state index >= 15 is 0 Å². The van der Waals surface area contributed by atoms with Crippen LogP contribution in [-0.4, -0.2) is 25.6 Å². The summed E-state index contributed by atoms with van der Waals surface area (Å²) in [6.07, 6.45) is 0. The molecule has 0 rings (SSSR count). The van der Waals surface area contributed by atoms with E-state index in [9.17, 15) is 9.00 Å². The minimum Gasteiger partial charge on any atom is -1.00 e. The maximum atomic E-state index is 9.54. The molecular formula is C2H6Na2O4S. The van der Waals surface area contributed by atoms with Crippen LogP contribution in [0.4, 0.5) is 0 Å². The molecule has 9 heavy (non-hydrogen) atoms. The summed E-state index contributed by atoms with van der Waals surface area (Å²) in [7, 11) is 0. The van der Waals surface area contributed by atoms with E-state index in [0.717, 1.165) is 0 Å². The van der Waals surface area contributed by atoms with Gasteiger partial charge in [0.1, 0.15) is 5.75 Å². The fourth-order valence-corrected chi connectivity index (χ4v) is 0.317. The van der Waals surface area contributed by atoms with Crippen molar-refractivity contribution in [1.82, 2.24) is 0 Å². The molecule has 0 spiro atoms. The molecule has 0 heterocycles. The molecule has 0 amide bonds. The van der Waals surface area contributed by atoms with E-state index in [1.54, 1.807) is 0 Å². The molecule has 0 bridgehead atoms. The Balaban J connectivity index is -0.0000000300. The average Bonchev–Trinajstić information content (AvgIpc) is 1.27. The Morgan fingerprint density at radius 2 is 1.89 bits per heavy atom. The van der Waals surface area contributed by atoms with E-state index in [4.69, 9.17) is 9.66 Å². The molecule has 0 aliphatic heterocycles. The molecule has 0 saturated carbocycles. The molecule has 0 aliphatic carbocycles. The Kier molecular flexibility index (Phi) is 18.0. The summed E-state index contributed by atoms with van der Waals surface area (Å²) in [6.45, 7) is 0.